The van der Waals surface area contributed by atoms with Crippen molar-refractivity contribution < 1.29 is 0 Å². The lowest BCUT2D eigenvalue weighted by Gasteiger charge is -2.10. The Morgan fingerprint density at radius 3 is 1.47 bits per heavy atom. The normalized spacial score (nSPS) is 12.8. The van der Waals surface area contributed by atoms with Crippen molar-refractivity contribution in [3.05, 3.63) is 127 Å². The molecule has 49 heavy (non-hydrogen) atoms. The highest BCUT2D eigenvalue weighted by Crippen LogP contribution is 2.46. The Labute approximate surface area is 280 Å². The van der Waals surface area contributed by atoms with Crippen molar-refractivity contribution in [2.75, 3.05) is 0 Å². The average molecular weight is 627 g/mol. The third kappa shape index (κ3) is 2.90. The molecule has 4 heteroatoms. The van der Waals surface area contributed by atoms with Crippen LogP contribution in [0.2, 0.25) is 0 Å². The number of fused-ring (bicyclic) bond motifs is 16. The summed E-state index contributed by atoms with van der Waals surface area (Å²) < 4.78 is 9.71. The molecule has 0 atom stereocenters. The fourth-order valence-electron chi connectivity index (χ4n) is 9.67. The third-order valence-corrected chi connectivity index (χ3v) is 11.7. The maximum absolute atomic E-state index is 2.53. The van der Waals surface area contributed by atoms with E-state index in [0.717, 1.165) is 0 Å². The van der Waals surface area contributed by atoms with Crippen molar-refractivity contribution in [2.24, 2.45) is 21.1 Å². The lowest BCUT2D eigenvalue weighted by Crippen LogP contribution is -1.93. The van der Waals surface area contributed by atoms with Crippen molar-refractivity contribution in [1.82, 2.24) is 18.1 Å². The second kappa shape index (κ2) is 8.60. The number of nitrogens with zero attached hydrogens (tertiary/aromatic N) is 4. The third-order valence-electron chi connectivity index (χ3n) is 11.7. The van der Waals surface area contributed by atoms with Crippen LogP contribution < -0.4 is 0 Å². The highest BCUT2D eigenvalue weighted by Gasteiger charge is 2.24. The highest BCUT2D eigenvalue weighted by molar-refractivity contribution is 6.32. The first-order valence-electron chi connectivity index (χ1n) is 17.1. The summed E-state index contributed by atoms with van der Waals surface area (Å²) in [4.78, 5) is 0. The van der Waals surface area contributed by atoms with Crippen LogP contribution in [0.5, 0.6) is 0 Å². The Bertz CT molecular complexity index is 3410. The van der Waals surface area contributed by atoms with Gasteiger partial charge in [0, 0.05) is 103 Å². The van der Waals surface area contributed by atoms with E-state index in [1.54, 1.807) is 0 Å². The van der Waals surface area contributed by atoms with Crippen LogP contribution in [0.15, 0.2) is 127 Å². The molecule has 0 aliphatic heterocycles. The summed E-state index contributed by atoms with van der Waals surface area (Å²) in [6.45, 7) is 0. The highest BCUT2D eigenvalue weighted by atomic mass is 15.0. The van der Waals surface area contributed by atoms with Gasteiger partial charge in [0.05, 0.1) is 33.1 Å². The van der Waals surface area contributed by atoms with Crippen LogP contribution in [0.4, 0.5) is 0 Å². The number of aryl methyl sites for hydroxylation is 3. The van der Waals surface area contributed by atoms with Gasteiger partial charge in [-0.2, -0.15) is 0 Å². The summed E-state index contributed by atoms with van der Waals surface area (Å²) in [7, 11) is 6.66. The summed E-state index contributed by atoms with van der Waals surface area (Å²) >= 11 is 0. The zero-order chi connectivity index (χ0) is 32.3. The summed E-state index contributed by atoms with van der Waals surface area (Å²) in [5.41, 5.74) is 14.0. The molecule has 0 saturated carbocycles. The summed E-state index contributed by atoms with van der Waals surface area (Å²) in [6, 6.07) is 47.6. The quantitative estimate of drug-likeness (QED) is 0.173. The van der Waals surface area contributed by atoms with Gasteiger partial charge in [0.25, 0.3) is 0 Å². The molecule has 0 fully saturated rings. The maximum atomic E-state index is 2.53. The molecule has 12 rings (SSSR count). The number of benzene rings is 7. The summed E-state index contributed by atoms with van der Waals surface area (Å²) in [5.74, 6) is 0. The molecule has 5 heterocycles. The van der Waals surface area contributed by atoms with Crippen molar-refractivity contribution in [3.8, 4) is 11.1 Å². The smallest absolute Gasteiger partial charge is 0.0621 e. The van der Waals surface area contributed by atoms with Crippen molar-refractivity contribution in [1.29, 1.82) is 0 Å². The minimum absolute atomic E-state index is 1.26. The first kappa shape index (κ1) is 25.8. The largest absolute Gasteiger partial charge is 0.343 e. The fraction of sp³-hybridized carbons (Fsp3) is 0.0667. The van der Waals surface area contributed by atoms with E-state index in [1.807, 2.05) is 0 Å². The van der Waals surface area contributed by atoms with Gasteiger partial charge in [-0.1, -0.05) is 97.1 Å². The van der Waals surface area contributed by atoms with Crippen LogP contribution in [0.1, 0.15) is 0 Å². The molecular weight excluding hydrogens is 597 g/mol. The Morgan fingerprint density at radius 1 is 0.306 bits per heavy atom. The van der Waals surface area contributed by atoms with Gasteiger partial charge in [-0.3, -0.25) is 0 Å². The zero-order valence-corrected chi connectivity index (χ0v) is 27.4. The van der Waals surface area contributed by atoms with Gasteiger partial charge in [-0.05, 0) is 30.3 Å². The monoisotopic (exact) mass is 626 g/mol. The molecule has 0 bridgehead atoms. The second-order valence-electron chi connectivity index (χ2n) is 13.9. The first-order valence-corrected chi connectivity index (χ1v) is 17.1. The molecule has 4 nitrogen and oxygen atoms in total. The number of rotatable bonds is 1. The predicted octanol–water partition coefficient (Wildman–Crippen LogP) is 11.4. The van der Waals surface area contributed by atoms with E-state index in [-0.39, 0.29) is 0 Å². The van der Waals surface area contributed by atoms with Crippen LogP contribution in [0.3, 0.4) is 0 Å². The summed E-state index contributed by atoms with van der Waals surface area (Å²) in [5, 5.41) is 13.1. The lowest BCUT2D eigenvalue weighted by atomic mass is 9.99. The average Bonchev–Trinajstić information content (AvgIpc) is 3.90. The number of hydrogen-bond acceptors (Lipinski definition) is 0. The molecule has 12 aromatic rings. The van der Waals surface area contributed by atoms with Crippen LogP contribution in [-0.4, -0.2) is 18.1 Å². The van der Waals surface area contributed by atoms with E-state index in [1.165, 1.54) is 115 Å². The maximum Gasteiger partial charge on any atom is 0.0621 e. The Kier molecular flexibility index (Phi) is 4.53. The van der Waals surface area contributed by atoms with E-state index < -0.39 is 0 Å². The zero-order valence-electron chi connectivity index (χ0n) is 27.4. The Morgan fingerprint density at radius 2 is 0.776 bits per heavy atom. The Hall–Kier alpha value is -6.26. The van der Waals surface area contributed by atoms with E-state index in [4.69, 9.17) is 0 Å². The topological polar surface area (TPSA) is 19.2 Å². The lowest BCUT2D eigenvalue weighted by molar-refractivity contribution is 1.01. The fourth-order valence-corrected chi connectivity index (χ4v) is 9.67. The van der Waals surface area contributed by atoms with Crippen LogP contribution >= 0.6 is 0 Å². The molecule has 0 unspecified atom stereocenters. The van der Waals surface area contributed by atoms with Crippen molar-refractivity contribution >= 4 is 104 Å². The predicted molar refractivity (Wildman–Crippen MR) is 208 cm³/mol. The first-order chi connectivity index (χ1) is 24.1. The molecule has 0 spiro atoms. The van der Waals surface area contributed by atoms with Gasteiger partial charge < -0.3 is 18.1 Å². The van der Waals surface area contributed by atoms with E-state index in [2.05, 4.69) is 167 Å². The molecule has 0 amide bonds. The molecular formula is C45H30N4. The van der Waals surface area contributed by atoms with Gasteiger partial charge >= 0.3 is 0 Å². The van der Waals surface area contributed by atoms with Crippen molar-refractivity contribution in [2.45, 2.75) is 0 Å². The van der Waals surface area contributed by atoms with Gasteiger partial charge in [-0.25, -0.2) is 0 Å². The number of hydrogen-bond donors (Lipinski definition) is 0. The van der Waals surface area contributed by atoms with Crippen LogP contribution in [0, 0.1) is 0 Å². The van der Waals surface area contributed by atoms with Gasteiger partial charge in [0.15, 0.2) is 0 Å². The Balaban J connectivity index is 1.21. The second-order valence-corrected chi connectivity index (χ2v) is 13.9. The van der Waals surface area contributed by atoms with Gasteiger partial charge in [0.2, 0.25) is 0 Å². The SMILES string of the molecule is Cn1c2ccccc2c2cccc(-c3cccc4c5cc6c(cc5n(C)c34)c3cccc4c5c7c(ccc5n6c34)c3ccccc3n7C)c21. The molecule has 0 aliphatic carbocycles. The van der Waals surface area contributed by atoms with E-state index in [9.17, 15) is 0 Å². The van der Waals surface area contributed by atoms with Crippen LogP contribution in [0.25, 0.3) is 115 Å². The van der Waals surface area contributed by atoms with E-state index >= 15 is 0 Å². The standard InChI is InChI=1S/C45H30N4/c1-46-36-19-6-4-11-25(36)27-13-8-14-28(42(27)46)29-15-9-16-30-34-24-40-35(23-39(34)48(3)43(29)30)31-17-10-18-33-41-38(49(40)44(31)33)22-21-32-26-12-5-7-20-37(26)47(2)45(32)41/h4-24H,1-3H3. The minimum atomic E-state index is 1.26. The molecule has 5 aromatic heterocycles. The molecule has 7 aromatic carbocycles. The van der Waals surface area contributed by atoms with Gasteiger partial charge in [-0.15, -0.1) is 0 Å². The number of para-hydroxylation sites is 5. The summed E-state index contributed by atoms with van der Waals surface area (Å²) in [6.07, 6.45) is 0. The molecule has 0 N–H and O–H groups in total. The minimum Gasteiger partial charge on any atom is -0.343 e. The van der Waals surface area contributed by atoms with E-state index in [0.29, 0.717) is 0 Å². The molecule has 230 valence electrons. The van der Waals surface area contributed by atoms with Crippen LogP contribution in [-0.2, 0) is 21.1 Å². The molecule has 0 saturated heterocycles. The molecule has 0 radical (unpaired) electrons. The van der Waals surface area contributed by atoms with Gasteiger partial charge in [0.1, 0.15) is 0 Å². The molecule has 0 aliphatic rings. The number of aromatic nitrogens is 4. The van der Waals surface area contributed by atoms with Crippen molar-refractivity contribution in [3.63, 3.8) is 0 Å².